The Balaban J connectivity index is 1.94. The third kappa shape index (κ3) is 7.35. The lowest BCUT2D eigenvalue weighted by Gasteiger charge is -2.21. The number of Topliss-reactive ketones (excluding diaryl/α,β-unsaturated/α-hetero) is 1. The molecule has 0 aromatic heterocycles. The van der Waals surface area contributed by atoms with Crippen LogP contribution in [0.5, 0.6) is 17.2 Å². The van der Waals surface area contributed by atoms with E-state index in [4.69, 9.17) is 15.2 Å². The van der Waals surface area contributed by atoms with Gasteiger partial charge in [0.2, 0.25) is 5.91 Å². The fraction of sp³-hybridized carbons (Fsp3) is 0.231. The second-order valence-corrected chi connectivity index (χ2v) is 11.4. The summed E-state index contributed by atoms with van der Waals surface area (Å²) in [6.45, 7) is 2.40. The summed E-state index contributed by atoms with van der Waals surface area (Å²) < 4.78 is 12.9. The molecule has 4 N–H and O–H groups in total. The maximum absolute atomic E-state index is 13.6. The van der Waals surface area contributed by atoms with Crippen LogP contribution in [0.3, 0.4) is 0 Å². The van der Waals surface area contributed by atoms with Crippen LogP contribution in [0.1, 0.15) is 24.1 Å². The van der Waals surface area contributed by atoms with E-state index in [0.29, 0.717) is 47.2 Å². The lowest BCUT2D eigenvalue weighted by Crippen LogP contribution is -2.37. The third-order valence-corrected chi connectivity index (χ3v) is 7.89. The number of amides is 1. The molecule has 0 saturated carbocycles. The van der Waals surface area contributed by atoms with Gasteiger partial charge < -0.3 is 25.6 Å². The average molecular weight is 764 g/mol. The molecule has 0 fully saturated rings. The van der Waals surface area contributed by atoms with Crippen molar-refractivity contribution in [1.82, 2.24) is 0 Å². The van der Waals surface area contributed by atoms with Gasteiger partial charge in [-0.2, -0.15) is 0 Å². The molecular weight excluding hydrogens is 740 g/mol. The fourth-order valence-corrected chi connectivity index (χ4v) is 6.46. The van der Waals surface area contributed by atoms with E-state index in [1.54, 1.807) is 55.6 Å². The molecule has 3 aromatic carbocycles. The molecule has 0 aliphatic rings. The maximum Gasteiger partial charge on any atom is 0.235 e. The number of anilines is 1. The van der Waals surface area contributed by atoms with Gasteiger partial charge in [0.1, 0.15) is 23.2 Å². The smallest absolute Gasteiger partial charge is 0.235 e. The molecule has 11 heteroatoms. The van der Waals surface area contributed by atoms with Crippen molar-refractivity contribution in [3.05, 3.63) is 77.5 Å². The number of rotatable bonds is 10. The van der Waals surface area contributed by atoms with Crippen LogP contribution in [0, 0.1) is 5.92 Å². The van der Waals surface area contributed by atoms with Gasteiger partial charge in [-0.3, -0.25) is 9.59 Å². The largest absolute Gasteiger partial charge is 0.506 e. The molecule has 2 atom stereocenters. The Bertz CT molecular complexity index is 1250. The summed E-state index contributed by atoms with van der Waals surface area (Å²) in [4.78, 5) is 27.1. The molecule has 3 aromatic rings. The average Bonchev–Trinajstić information content (AvgIpc) is 2.85. The van der Waals surface area contributed by atoms with E-state index >= 15 is 0 Å². The van der Waals surface area contributed by atoms with E-state index < -0.39 is 23.7 Å². The van der Waals surface area contributed by atoms with E-state index in [9.17, 15) is 14.7 Å². The highest BCUT2D eigenvalue weighted by Gasteiger charge is 2.32. The normalized spacial score (nSPS) is 12.5. The monoisotopic (exact) mass is 760 g/mol. The number of hydrogen-bond acceptors (Lipinski definition) is 6. The van der Waals surface area contributed by atoms with Crippen molar-refractivity contribution in [3.63, 3.8) is 0 Å². The summed E-state index contributed by atoms with van der Waals surface area (Å²) in [5.41, 5.74) is 8.05. The SMILES string of the molecule is CCOc1ccc(C(N)C(=O)C(Cc2cc(Br)c(OC)c(Br)c2)C(=O)Nc2cc(Br)c(O)c(Br)c2)cc1. The van der Waals surface area contributed by atoms with Crippen LogP contribution in [0.15, 0.2) is 66.4 Å². The van der Waals surface area contributed by atoms with Gasteiger partial charge in [-0.1, -0.05) is 12.1 Å². The number of halogens is 4. The molecule has 0 spiro atoms. The van der Waals surface area contributed by atoms with Crippen molar-refractivity contribution in [2.75, 3.05) is 19.0 Å². The van der Waals surface area contributed by atoms with E-state index in [-0.39, 0.29) is 12.2 Å². The minimum atomic E-state index is -1.11. The standard InChI is InChI=1S/C26H24Br4N2O5/c1-3-37-16-6-4-14(5-7-16)22(31)23(33)17(8-13-9-20(29)25(36-2)21(30)10-13)26(35)32-15-11-18(27)24(34)19(28)12-15/h4-7,9-12,17,22,34H,3,8,31H2,1-2H3,(H,32,35). The number of methoxy groups -OCH3 is 1. The Kier molecular flexibility index (Phi) is 10.6. The van der Waals surface area contributed by atoms with Crippen molar-refractivity contribution < 1.29 is 24.2 Å². The van der Waals surface area contributed by atoms with Crippen molar-refractivity contribution in [1.29, 1.82) is 0 Å². The Morgan fingerprint density at radius 3 is 2.05 bits per heavy atom. The number of aromatic hydroxyl groups is 1. The first-order valence-corrected chi connectivity index (χ1v) is 14.3. The van der Waals surface area contributed by atoms with Crippen molar-refractivity contribution >= 4 is 81.1 Å². The van der Waals surface area contributed by atoms with Gasteiger partial charge in [-0.25, -0.2) is 0 Å². The lowest BCUT2D eigenvalue weighted by molar-refractivity contribution is -0.132. The van der Waals surface area contributed by atoms with E-state index in [2.05, 4.69) is 69.0 Å². The topological polar surface area (TPSA) is 111 Å². The number of nitrogens with one attached hydrogen (secondary N) is 1. The quantitative estimate of drug-likeness (QED) is 0.153. The van der Waals surface area contributed by atoms with Crippen LogP contribution in [-0.2, 0) is 16.0 Å². The second kappa shape index (κ2) is 13.2. The Morgan fingerprint density at radius 1 is 0.973 bits per heavy atom. The molecule has 2 unspecified atom stereocenters. The highest BCUT2D eigenvalue weighted by Crippen LogP contribution is 2.37. The van der Waals surface area contributed by atoms with E-state index in [0.717, 1.165) is 5.56 Å². The van der Waals surface area contributed by atoms with Gasteiger partial charge in [0.05, 0.1) is 37.6 Å². The molecule has 0 saturated heterocycles. The van der Waals surface area contributed by atoms with Crippen LogP contribution >= 0.6 is 63.7 Å². The zero-order valence-corrected chi connectivity index (χ0v) is 26.2. The number of carbonyl (C=O) groups is 2. The third-order valence-electron chi connectivity index (χ3n) is 5.50. The minimum absolute atomic E-state index is 0.00363. The van der Waals surface area contributed by atoms with Gasteiger partial charge in [0.15, 0.2) is 5.78 Å². The molecular formula is C26H24Br4N2O5. The summed E-state index contributed by atoms with van der Waals surface area (Å²) in [5, 5.41) is 12.8. The fourth-order valence-electron chi connectivity index (χ4n) is 3.67. The van der Waals surface area contributed by atoms with Crippen LogP contribution in [-0.4, -0.2) is 30.5 Å². The summed E-state index contributed by atoms with van der Waals surface area (Å²) in [6, 6.07) is 12.6. The summed E-state index contributed by atoms with van der Waals surface area (Å²) in [7, 11) is 1.55. The van der Waals surface area contributed by atoms with Gasteiger partial charge >= 0.3 is 0 Å². The lowest BCUT2D eigenvalue weighted by atomic mass is 9.88. The number of phenolic OH excluding ortho intramolecular Hbond substituents is 1. The zero-order valence-electron chi connectivity index (χ0n) is 19.9. The number of ketones is 1. The predicted molar refractivity (Wildman–Crippen MR) is 157 cm³/mol. The van der Waals surface area contributed by atoms with Gasteiger partial charge in [0.25, 0.3) is 0 Å². The number of carbonyl (C=O) groups excluding carboxylic acids is 2. The minimum Gasteiger partial charge on any atom is -0.506 e. The Hall–Kier alpha value is -1.92. The van der Waals surface area contributed by atoms with E-state index in [1.165, 1.54) is 0 Å². The summed E-state index contributed by atoms with van der Waals surface area (Å²) >= 11 is 13.5. The summed E-state index contributed by atoms with van der Waals surface area (Å²) in [5.74, 6) is -0.825. The molecule has 37 heavy (non-hydrogen) atoms. The molecule has 0 heterocycles. The van der Waals surface area contributed by atoms with Crippen LogP contribution < -0.4 is 20.5 Å². The van der Waals surface area contributed by atoms with Crippen LogP contribution in [0.4, 0.5) is 5.69 Å². The van der Waals surface area contributed by atoms with Crippen LogP contribution in [0.2, 0.25) is 0 Å². The number of phenols is 1. The molecule has 0 radical (unpaired) electrons. The van der Waals surface area contributed by atoms with Crippen LogP contribution in [0.25, 0.3) is 0 Å². The van der Waals surface area contributed by atoms with Crippen molar-refractivity contribution in [2.45, 2.75) is 19.4 Å². The van der Waals surface area contributed by atoms with Crippen molar-refractivity contribution in [3.8, 4) is 17.2 Å². The van der Waals surface area contributed by atoms with Crippen molar-refractivity contribution in [2.24, 2.45) is 11.7 Å². The highest BCUT2D eigenvalue weighted by atomic mass is 79.9. The predicted octanol–water partition coefficient (Wildman–Crippen LogP) is 6.92. The molecule has 1 amide bonds. The van der Waals surface area contributed by atoms with Gasteiger partial charge in [-0.05, 0) is 125 Å². The number of hydrogen-bond donors (Lipinski definition) is 3. The summed E-state index contributed by atoms with van der Waals surface area (Å²) in [6.07, 6.45) is 0.0943. The second-order valence-electron chi connectivity index (χ2n) is 8.01. The zero-order chi connectivity index (χ0) is 27.3. The number of nitrogens with two attached hydrogens (primary N) is 1. The molecule has 7 nitrogen and oxygen atoms in total. The first kappa shape index (κ1) is 29.6. The maximum atomic E-state index is 13.6. The Morgan fingerprint density at radius 2 is 1.54 bits per heavy atom. The van der Waals surface area contributed by atoms with Gasteiger partial charge in [-0.15, -0.1) is 0 Å². The van der Waals surface area contributed by atoms with Gasteiger partial charge in [0, 0.05) is 5.69 Å². The molecule has 0 bridgehead atoms. The number of benzene rings is 3. The molecule has 0 aliphatic heterocycles. The first-order chi connectivity index (χ1) is 17.5. The number of ether oxygens (including phenoxy) is 2. The first-order valence-electron chi connectivity index (χ1n) is 11.1. The molecule has 3 rings (SSSR count). The Labute approximate surface area is 248 Å². The van der Waals surface area contributed by atoms with E-state index in [1.807, 2.05) is 6.92 Å². The molecule has 196 valence electrons. The highest BCUT2D eigenvalue weighted by molar-refractivity contribution is 9.11. The molecule has 0 aliphatic carbocycles.